The van der Waals surface area contributed by atoms with E-state index in [1.807, 2.05) is 0 Å². The van der Waals surface area contributed by atoms with Gasteiger partial charge in [0, 0.05) is 38.4 Å². The maximum atomic E-state index is 5.38. The molecule has 2 heteroatoms. The molecule has 12 aromatic rings. The molecule has 0 saturated heterocycles. The first-order valence-electron chi connectivity index (χ1n) is 22.0. The molecular weight excluding hydrogens is 761 g/mol. The van der Waals surface area contributed by atoms with Gasteiger partial charge in [0.15, 0.2) is 0 Å². The zero-order valence-electron chi connectivity index (χ0n) is 34.6. The number of allylic oxidation sites excluding steroid dienone is 4. The first-order valence-corrected chi connectivity index (χ1v) is 22.0. The van der Waals surface area contributed by atoms with Crippen LogP contribution in [0.2, 0.25) is 0 Å². The van der Waals surface area contributed by atoms with E-state index in [9.17, 15) is 0 Å². The number of aromatic nitrogens is 2. The molecule has 2 heterocycles. The number of pyridine rings is 1. The molecule has 1 aliphatic rings. The van der Waals surface area contributed by atoms with E-state index in [1.54, 1.807) is 0 Å². The fraction of sp³-hybridized carbons (Fsp3) is 0.0328. The molecule has 1 aliphatic carbocycles. The van der Waals surface area contributed by atoms with Gasteiger partial charge < -0.3 is 4.57 Å². The number of rotatable bonds is 5. The summed E-state index contributed by atoms with van der Waals surface area (Å²) in [6.45, 7) is 0. The molecule has 0 atom stereocenters. The summed E-state index contributed by atoms with van der Waals surface area (Å²) in [5.74, 6) is 0. The summed E-state index contributed by atoms with van der Waals surface area (Å²) >= 11 is 0. The van der Waals surface area contributed by atoms with Crippen molar-refractivity contribution in [1.29, 1.82) is 0 Å². The van der Waals surface area contributed by atoms with Gasteiger partial charge in [-0.3, -0.25) is 0 Å². The predicted molar refractivity (Wildman–Crippen MR) is 269 cm³/mol. The van der Waals surface area contributed by atoms with Crippen LogP contribution in [-0.4, -0.2) is 9.55 Å². The third-order valence-corrected chi connectivity index (χ3v) is 13.3. The molecule has 294 valence electrons. The zero-order chi connectivity index (χ0) is 41.4. The van der Waals surface area contributed by atoms with E-state index in [-0.39, 0.29) is 0 Å². The predicted octanol–water partition coefficient (Wildman–Crippen LogP) is 16.8. The Balaban J connectivity index is 1.00. The van der Waals surface area contributed by atoms with E-state index in [0.717, 1.165) is 40.9 Å². The largest absolute Gasteiger partial charge is 0.309 e. The summed E-state index contributed by atoms with van der Waals surface area (Å²) < 4.78 is 2.51. The van der Waals surface area contributed by atoms with Crippen molar-refractivity contribution in [3.8, 4) is 44.8 Å². The van der Waals surface area contributed by atoms with Gasteiger partial charge >= 0.3 is 0 Å². The second-order valence-corrected chi connectivity index (χ2v) is 17.0. The fourth-order valence-corrected chi connectivity index (χ4v) is 10.3. The van der Waals surface area contributed by atoms with Crippen molar-refractivity contribution in [3.63, 3.8) is 0 Å². The van der Waals surface area contributed by atoms with Crippen LogP contribution in [0, 0.1) is 0 Å². The molecule has 63 heavy (non-hydrogen) atoms. The van der Waals surface area contributed by atoms with Gasteiger partial charge in [-0.25, -0.2) is 4.98 Å². The van der Waals surface area contributed by atoms with Gasteiger partial charge in [-0.2, -0.15) is 0 Å². The molecule has 2 nitrogen and oxygen atoms in total. The van der Waals surface area contributed by atoms with Gasteiger partial charge in [-0.15, -0.1) is 0 Å². The summed E-state index contributed by atoms with van der Waals surface area (Å²) in [6, 6.07) is 73.6. The highest BCUT2D eigenvalue weighted by atomic mass is 15.0. The lowest BCUT2D eigenvalue weighted by Crippen LogP contribution is -1.98. The number of benzene rings is 10. The van der Waals surface area contributed by atoms with Crippen LogP contribution in [0.1, 0.15) is 12.8 Å². The molecule has 0 fully saturated rings. The van der Waals surface area contributed by atoms with Crippen LogP contribution < -0.4 is 0 Å². The lowest BCUT2D eigenvalue weighted by Gasteiger charge is -2.17. The molecule has 10 aromatic carbocycles. The van der Waals surface area contributed by atoms with Gasteiger partial charge in [0.2, 0.25) is 0 Å². The van der Waals surface area contributed by atoms with E-state index in [2.05, 4.69) is 223 Å². The molecule has 13 rings (SSSR count). The van der Waals surface area contributed by atoms with Gasteiger partial charge in [-0.05, 0) is 121 Å². The van der Waals surface area contributed by atoms with Gasteiger partial charge in [0.1, 0.15) is 0 Å². The molecule has 0 bridgehead atoms. The summed E-state index contributed by atoms with van der Waals surface area (Å²) in [7, 11) is 0. The summed E-state index contributed by atoms with van der Waals surface area (Å²) in [5, 5.41) is 15.1. The smallest absolute Gasteiger partial charge is 0.0715 e. The Bertz CT molecular complexity index is 3800. The highest BCUT2D eigenvalue weighted by Gasteiger charge is 2.22. The average Bonchev–Trinajstić information content (AvgIpc) is 3.71. The topological polar surface area (TPSA) is 17.8 Å². The Morgan fingerprint density at radius 1 is 0.365 bits per heavy atom. The monoisotopic (exact) mass is 800 g/mol. The molecule has 2 aromatic heterocycles. The lowest BCUT2D eigenvalue weighted by atomic mass is 9.88. The van der Waals surface area contributed by atoms with Crippen molar-refractivity contribution < 1.29 is 0 Å². The molecular formula is C61H40N2. The minimum Gasteiger partial charge on any atom is -0.309 e. The Kier molecular flexibility index (Phi) is 8.07. The Morgan fingerprint density at radius 2 is 0.937 bits per heavy atom. The highest BCUT2D eigenvalue weighted by Crippen LogP contribution is 2.47. The van der Waals surface area contributed by atoms with E-state index in [0.29, 0.717) is 0 Å². The van der Waals surface area contributed by atoms with Crippen LogP contribution in [0.15, 0.2) is 218 Å². The standard InChI is InChI=1S/C61H40N2/c1-2-18-48(19-3-1)63-58-25-13-12-24-53(58)60-59-51-22-10-8-20-49(51)54(38-55(59)50-21-9-11-23-52(50)61(60)63)41-28-30-42(31-29-41)56-36-47(45-32-26-39-14-4-6-16-43(39)34-45)37-57(62-56)46-33-27-40-15-5-7-17-44(40)35-46/h2,4-38H,1,3H2. The molecule has 0 saturated carbocycles. The molecule has 0 N–H and O–H groups in total. The molecule has 0 spiro atoms. The third kappa shape index (κ3) is 5.76. The lowest BCUT2D eigenvalue weighted by molar-refractivity contribution is 1.02. The molecule has 0 amide bonds. The quantitative estimate of drug-likeness (QED) is 0.159. The molecule has 0 aliphatic heterocycles. The minimum atomic E-state index is 0.950. The summed E-state index contributed by atoms with van der Waals surface area (Å²) in [5.41, 5.74) is 12.6. The van der Waals surface area contributed by atoms with E-state index >= 15 is 0 Å². The SMILES string of the molecule is C1=CC(n2c3ccccc3c3c4c5ccccc5c(-c5ccc(-c6cc(-c7ccc8ccccc8c7)cc(-c7ccc8ccccc8c7)n6)cc5)cc4c4ccccc4c32)=CCC1. The van der Waals surface area contributed by atoms with Crippen LogP contribution in [0.3, 0.4) is 0 Å². The Morgan fingerprint density at radius 3 is 1.67 bits per heavy atom. The van der Waals surface area contributed by atoms with Crippen molar-refractivity contribution in [2.24, 2.45) is 0 Å². The maximum absolute atomic E-state index is 5.38. The minimum absolute atomic E-state index is 0.950. The maximum Gasteiger partial charge on any atom is 0.0715 e. The van der Waals surface area contributed by atoms with Gasteiger partial charge in [0.25, 0.3) is 0 Å². The summed E-state index contributed by atoms with van der Waals surface area (Å²) in [4.78, 5) is 5.38. The van der Waals surface area contributed by atoms with Crippen LogP contribution >= 0.6 is 0 Å². The van der Waals surface area contributed by atoms with Crippen molar-refractivity contribution in [2.75, 3.05) is 0 Å². The fourth-order valence-electron chi connectivity index (χ4n) is 10.3. The average molecular weight is 801 g/mol. The molecule has 0 unspecified atom stereocenters. The molecule has 0 radical (unpaired) electrons. The van der Waals surface area contributed by atoms with E-state index in [4.69, 9.17) is 4.98 Å². The zero-order valence-corrected chi connectivity index (χ0v) is 34.6. The second-order valence-electron chi connectivity index (χ2n) is 17.0. The van der Waals surface area contributed by atoms with Crippen molar-refractivity contribution in [2.45, 2.75) is 12.8 Å². The van der Waals surface area contributed by atoms with Crippen LogP contribution in [-0.2, 0) is 0 Å². The van der Waals surface area contributed by atoms with Crippen LogP contribution in [0.25, 0.3) is 126 Å². The number of hydrogen-bond acceptors (Lipinski definition) is 1. The van der Waals surface area contributed by atoms with Crippen molar-refractivity contribution >= 4 is 81.4 Å². The summed E-state index contributed by atoms with van der Waals surface area (Å²) in [6.07, 6.45) is 9.15. The second kappa shape index (κ2) is 14.3. The van der Waals surface area contributed by atoms with Crippen molar-refractivity contribution in [1.82, 2.24) is 9.55 Å². The van der Waals surface area contributed by atoms with Gasteiger partial charge in [-0.1, -0.05) is 176 Å². The van der Waals surface area contributed by atoms with Crippen LogP contribution in [0.5, 0.6) is 0 Å². The van der Waals surface area contributed by atoms with Crippen molar-refractivity contribution in [3.05, 3.63) is 218 Å². The normalized spacial score (nSPS) is 13.0. The highest BCUT2D eigenvalue weighted by molar-refractivity contribution is 6.38. The number of hydrogen-bond donors (Lipinski definition) is 0. The van der Waals surface area contributed by atoms with E-state index < -0.39 is 0 Å². The van der Waals surface area contributed by atoms with Crippen LogP contribution in [0.4, 0.5) is 0 Å². The number of nitrogens with zero attached hydrogens (tertiary/aromatic N) is 2. The Hall–Kier alpha value is -8.07. The first-order chi connectivity index (χ1) is 31.2. The van der Waals surface area contributed by atoms with E-state index in [1.165, 1.54) is 98.1 Å². The Labute approximate surface area is 365 Å². The third-order valence-electron chi connectivity index (χ3n) is 13.3. The number of para-hydroxylation sites is 1. The first kappa shape index (κ1) is 35.7. The number of fused-ring (bicyclic) bond motifs is 12. The van der Waals surface area contributed by atoms with Gasteiger partial charge in [0.05, 0.1) is 22.4 Å².